The molecule has 3 nitrogen and oxygen atoms in total. The summed E-state index contributed by atoms with van der Waals surface area (Å²) in [6.45, 7) is 9.92. The summed E-state index contributed by atoms with van der Waals surface area (Å²) in [4.78, 5) is 11.9. The SMILES string of the molecule is CCC1CCC(Oc2ccc3ccc(C(C)NC4CC(C(C)=O)C4(C)C)cc3c2C(F)(F)F)CC1. The molecule has 0 saturated heterocycles. The van der Waals surface area contributed by atoms with Gasteiger partial charge >= 0.3 is 6.18 Å². The summed E-state index contributed by atoms with van der Waals surface area (Å²) >= 11 is 0. The molecule has 0 heterocycles. The Kier molecular flexibility index (Phi) is 7.25. The lowest BCUT2D eigenvalue weighted by atomic mass is 9.57. The van der Waals surface area contributed by atoms with Crippen LogP contribution in [0, 0.1) is 17.3 Å². The number of hydrogen-bond donors (Lipinski definition) is 1. The van der Waals surface area contributed by atoms with Gasteiger partial charge in [-0.1, -0.05) is 45.4 Å². The number of rotatable bonds is 7. The van der Waals surface area contributed by atoms with E-state index >= 15 is 0 Å². The third-order valence-corrected chi connectivity index (χ3v) is 8.67. The summed E-state index contributed by atoms with van der Waals surface area (Å²) in [5.41, 5.74) is -0.0563. The minimum atomic E-state index is -4.52. The van der Waals surface area contributed by atoms with Gasteiger partial charge in [-0.15, -0.1) is 0 Å². The first kappa shape index (κ1) is 26.0. The fourth-order valence-electron chi connectivity index (χ4n) is 6.11. The van der Waals surface area contributed by atoms with Gasteiger partial charge in [-0.05, 0) is 85.8 Å². The third-order valence-electron chi connectivity index (χ3n) is 8.67. The van der Waals surface area contributed by atoms with Crippen LogP contribution >= 0.6 is 0 Å². The third kappa shape index (κ3) is 5.23. The molecule has 2 aliphatic carbocycles. The summed E-state index contributed by atoms with van der Waals surface area (Å²) in [6, 6.07) is 8.51. The summed E-state index contributed by atoms with van der Waals surface area (Å²) in [7, 11) is 0. The molecule has 3 atom stereocenters. The average Bonchev–Trinajstić information content (AvgIpc) is 2.80. The fourth-order valence-corrected chi connectivity index (χ4v) is 6.11. The summed E-state index contributed by atoms with van der Waals surface area (Å²) in [5, 5.41) is 4.29. The lowest BCUT2D eigenvalue weighted by Crippen LogP contribution is -2.59. The van der Waals surface area contributed by atoms with E-state index in [1.165, 1.54) is 6.07 Å². The molecule has 0 aliphatic heterocycles. The summed E-state index contributed by atoms with van der Waals surface area (Å²) in [6.07, 6.45) is 0.785. The van der Waals surface area contributed by atoms with E-state index in [1.54, 1.807) is 25.1 Å². The number of carbonyl (C=O) groups excluding carboxylic acids is 1. The molecule has 3 unspecified atom stereocenters. The molecular formula is C29H38F3NO2. The van der Waals surface area contributed by atoms with Crippen molar-refractivity contribution in [1.29, 1.82) is 0 Å². The van der Waals surface area contributed by atoms with Crippen LogP contribution in [-0.2, 0) is 11.0 Å². The van der Waals surface area contributed by atoms with Crippen molar-refractivity contribution < 1.29 is 22.7 Å². The zero-order valence-electron chi connectivity index (χ0n) is 21.5. The van der Waals surface area contributed by atoms with Gasteiger partial charge in [-0.25, -0.2) is 0 Å². The Balaban J connectivity index is 1.60. The Hall–Kier alpha value is -2.08. The van der Waals surface area contributed by atoms with Gasteiger partial charge in [0.25, 0.3) is 0 Å². The highest BCUT2D eigenvalue weighted by Gasteiger charge is 2.50. The van der Waals surface area contributed by atoms with Crippen LogP contribution in [0.3, 0.4) is 0 Å². The Bertz CT molecular complexity index is 1070. The Morgan fingerprint density at radius 1 is 1.14 bits per heavy atom. The zero-order valence-corrected chi connectivity index (χ0v) is 21.5. The van der Waals surface area contributed by atoms with E-state index in [2.05, 4.69) is 26.1 Å². The molecule has 2 aromatic rings. The first-order chi connectivity index (χ1) is 16.4. The van der Waals surface area contributed by atoms with Crippen molar-refractivity contribution in [2.45, 2.75) is 97.5 Å². The maximum Gasteiger partial charge on any atom is 0.420 e. The molecule has 1 N–H and O–H groups in total. The number of Topliss-reactive ketones (excluding diaryl/α,β-unsaturated/α-hetero) is 1. The number of nitrogens with one attached hydrogen (secondary N) is 1. The summed E-state index contributed by atoms with van der Waals surface area (Å²) in [5.74, 6) is 0.799. The standard InChI is InChI=1S/C29H38F3NO2/c1-6-19-7-12-22(13-8-19)35-25-14-11-20-9-10-21(15-23(20)27(25)29(30,31)32)17(2)33-26-16-24(18(3)34)28(26,4)5/h9-11,14-15,17,19,22,24,26,33H,6-8,12-13,16H2,1-5H3. The lowest BCUT2D eigenvalue weighted by molar-refractivity contribution is -0.138. The Labute approximate surface area is 206 Å². The second-order valence-electron chi connectivity index (χ2n) is 11.2. The fraction of sp³-hybridized carbons (Fsp3) is 0.621. The van der Waals surface area contributed by atoms with Crippen LogP contribution in [0.5, 0.6) is 5.75 Å². The van der Waals surface area contributed by atoms with Crippen molar-refractivity contribution >= 4 is 16.6 Å². The molecule has 35 heavy (non-hydrogen) atoms. The highest BCUT2D eigenvalue weighted by molar-refractivity contribution is 5.89. The second-order valence-corrected chi connectivity index (χ2v) is 11.2. The number of benzene rings is 2. The van der Waals surface area contributed by atoms with Crippen molar-refractivity contribution in [2.24, 2.45) is 17.3 Å². The van der Waals surface area contributed by atoms with Crippen LogP contribution in [0.15, 0.2) is 30.3 Å². The van der Waals surface area contributed by atoms with Crippen LogP contribution in [-0.4, -0.2) is 17.9 Å². The van der Waals surface area contributed by atoms with Crippen molar-refractivity contribution in [3.63, 3.8) is 0 Å². The number of fused-ring (bicyclic) bond motifs is 1. The number of hydrogen-bond acceptors (Lipinski definition) is 3. The van der Waals surface area contributed by atoms with Crippen LogP contribution in [0.1, 0.15) is 90.3 Å². The number of ketones is 1. The van der Waals surface area contributed by atoms with E-state index in [-0.39, 0.29) is 46.4 Å². The maximum absolute atomic E-state index is 14.3. The van der Waals surface area contributed by atoms with Crippen molar-refractivity contribution in [3.8, 4) is 5.75 Å². The Morgan fingerprint density at radius 3 is 2.37 bits per heavy atom. The maximum atomic E-state index is 14.3. The quantitative estimate of drug-likeness (QED) is 0.430. The van der Waals surface area contributed by atoms with Gasteiger partial charge in [-0.2, -0.15) is 13.2 Å². The van der Waals surface area contributed by atoms with Gasteiger partial charge in [0, 0.05) is 18.0 Å². The van der Waals surface area contributed by atoms with Gasteiger partial charge in [0.05, 0.1) is 6.10 Å². The number of ether oxygens (including phenoxy) is 1. The molecule has 0 amide bonds. The molecular weight excluding hydrogens is 451 g/mol. The van der Waals surface area contributed by atoms with Gasteiger partial charge in [0.2, 0.25) is 0 Å². The van der Waals surface area contributed by atoms with Gasteiger partial charge in [0.15, 0.2) is 0 Å². The Morgan fingerprint density at radius 2 is 1.80 bits per heavy atom. The molecule has 0 radical (unpaired) electrons. The minimum Gasteiger partial charge on any atom is -0.490 e. The van der Waals surface area contributed by atoms with Crippen LogP contribution < -0.4 is 10.1 Å². The lowest BCUT2D eigenvalue weighted by Gasteiger charge is -2.52. The molecule has 0 bridgehead atoms. The van der Waals surface area contributed by atoms with Crippen molar-refractivity contribution in [1.82, 2.24) is 5.32 Å². The molecule has 4 rings (SSSR count). The van der Waals surface area contributed by atoms with Crippen LogP contribution in [0.4, 0.5) is 13.2 Å². The van der Waals surface area contributed by atoms with E-state index in [0.717, 1.165) is 44.1 Å². The zero-order chi connectivity index (χ0) is 25.5. The molecule has 2 aromatic carbocycles. The molecule has 0 aromatic heterocycles. The first-order valence-corrected chi connectivity index (χ1v) is 13.0. The monoisotopic (exact) mass is 489 g/mol. The van der Waals surface area contributed by atoms with E-state index in [1.807, 2.05) is 13.0 Å². The number of carbonyl (C=O) groups is 1. The minimum absolute atomic E-state index is 0.0211. The van der Waals surface area contributed by atoms with E-state index in [4.69, 9.17) is 4.74 Å². The first-order valence-electron chi connectivity index (χ1n) is 13.0. The predicted octanol–water partition coefficient (Wildman–Crippen LogP) is 7.86. The smallest absolute Gasteiger partial charge is 0.420 e. The van der Waals surface area contributed by atoms with E-state index < -0.39 is 11.7 Å². The average molecular weight is 490 g/mol. The number of alkyl halides is 3. The molecule has 2 fully saturated rings. The van der Waals surface area contributed by atoms with Crippen molar-refractivity contribution in [3.05, 3.63) is 41.5 Å². The molecule has 6 heteroatoms. The molecule has 2 aliphatic rings. The van der Waals surface area contributed by atoms with E-state index in [0.29, 0.717) is 11.3 Å². The highest BCUT2D eigenvalue weighted by atomic mass is 19.4. The highest BCUT2D eigenvalue weighted by Crippen LogP contribution is 2.48. The largest absolute Gasteiger partial charge is 0.490 e. The van der Waals surface area contributed by atoms with Gasteiger partial charge in [-0.3, -0.25) is 4.79 Å². The van der Waals surface area contributed by atoms with Gasteiger partial charge < -0.3 is 10.1 Å². The normalized spacial score (nSPS) is 27.3. The molecule has 2 saturated carbocycles. The van der Waals surface area contributed by atoms with Crippen LogP contribution in [0.25, 0.3) is 10.8 Å². The second kappa shape index (κ2) is 9.76. The van der Waals surface area contributed by atoms with Gasteiger partial charge in [0.1, 0.15) is 17.1 Å². The van der Waals surface area contributed by atoms with E-state index in [9.17, 15) is 18.0 Å². The molecule has 192 valence electrons. The molecule has 0 spiro atoms. The van der Waals surface area contributed by atoms with Crippen molar-refractivity contribution in [2.75, 3.05) is 0 Å². The topological polar surface area (TPSA) is 38.3 Å². The van der Waals surface area contributed by atoms with Crippen LogP contribution in [0.2, 0.25) is 0 Å². The summed E-state index contributed by atoms with van der Waals surface area (Å²) < 4.78 is 49.0. The number of halogens is 3. The predicted molar refractivity (Wildman–Crippen MR) is 134 cm³/mol.